The van der Waals surface area contributed by atoms with Crippen LogP contribution in [0.5, 0.6) is 0 Å². The lowest BCUT2D eigenvalue weighted by molar-refractivity contribution is 0.146. The van der Waals surface area contributed by atoms with Crippen molar-refractivity contribution in [3.8, 4) is 0 Å². The van der Waals surface area contributed by atoms with Gasteiger partial charge in [-0.1, -0.05) is 11.3 Å². The first kappa shape index (κ1) is 12.6. The SMILES string of the molecule is OCc1cn(CC(O)c2ccc(F)cc2F)nn1. The van der Waals surface area contributed by atoms with Crippen LogP contribution in [-0.2, 0) is 13.2 Å². The Hall–Kier alpha value is -1.86. The average molecular weight is 255 g/mol. The van der Waals surface area contributed by atoms with Crippen molar-refractivity contribution in [3.63, 3.8) is 0 Å². The van der Waals surface area contributed by atoms with Crippen molar-refractivity contribution in [1.29, 1.82) is 0 Å². The first-order valence-electron chi connectivity index (χ1n) is 5.23. The minimum absolute atomic E-state index is 0.0163. The van der Waals surface area contributed by atoms with Gasteiger partial charge in [-0.3, -0.25) is 0 Å². The highest BCUT2D eigenvalue weighted by Gasteiger charge is 2.15. The molecule has 0 saturated heterocycles. The molecule has 5 nitrogen and oxygen atoms in total. The van der Waals surface area contributed by atoms with E-state index in [1.165, 1.54) is 16.9 Å². The number of aliphatic hydroxyl groups is 2. The van der Waals surface area contributed by atoms with Gasteiger partial charge in [0.1, 0.15) is 23.4 Å². The Balaban J connectivity index is 2.13. The fourth-order valence-corrected chi connectivity index (χ4v) is 1.55. The van der Waals surface area contributed by atoms with E-state index in [0.29, 0.717) is 11.8 Å². The number of nitrogens with zero attached hydrogens (tertiary/aromatic N) is 3. The fraction of sp³-hybridized carbons (Fsp3) is 0.273. The number of hydrogen-bond acceptors (Lipinski definition) is 4. The number of rotatable bonds is 4. The molecule has 96 valence electrons. The third-order valence-electron chi connectivity index (χ3n) is 2.43. The van der Waals surface area contributed by atoms with Crippen molar-refractivity contribution in [2.24, 2.45) is 0 Å². The van der Waals surface area contributed by atoms with Crippen molar-refractivity contribution in [2.75, 3.05) is 0 Å². The standard InChI is InChI=1S/C11H11F2N3O2/c12-7-1-2-9(10(13)3-7)11(18)5-16-4-8(6-17)14-15-16/h1-4,11,17-18H,5-6H2. The van der Waals surface area contributed by atoms with Crippen LogP contribution in [-0.4, -0.2) is 25.2 Å². The summed E-state index contributed by atoms with van der Waals surface area (Å²) in [5.41, 5.74) is 0.333. The van der Waals surface area contributed by atoms with Gasteiger partial charge in [-0.25, -0.2) is 13.5 Å². The van der Waals surface area contributed by atoms with E-state index in [0.717, 1.165) is 6.07 Å². The zero-order valence-corrected chi connectivity index (χ0v) is 9.29. The molecule has 18 heavy (non-hydrogen) atoms. The number of aliphatic hydroxyl groups excluding tert-OH is 2. The molecule has 1 unspecified atom stereocenters. The first-order valence-corrected chi connectivity index (χ1v) is 5.23. The highest BCUT2D eigenvalue weighted by Crippen LogP contribution is 2.19. The van der Waals surface area contributed by atoms with E-state index < -0.39 is 17.7 Å². The molecule has 1 aromatic heterocycles. The van der Waals surface area contributed by atoms with E-state index >= 15 is 0 Å². The Morgan fingerprint density at radius 2 is 2.11 bits per heavy atom. The average Bonchev–Trinajstić information content (AvgIpc) is 2.76. The molecule has 2 aromatic rings. The van der Waals surface area contributed by atoms with E-state index in [4.69, 9.17) is 5.11 Å². The molecule has 1 aromatic carbocycles. The molecule has 0 bridgehead atoms. The Morgan fingerprint density at radius 1 is 1.33 bits per heavy atom. The molecule has 0 radical (unpaired) electrons. The van der Waals surface area contributed by atoms with Crippen LogP contribution in [0.25, 0.3) is 0 Å². The van der Waals surface area contributed by atoms with Crippen molar-refractivity contribution < 1.29 is 19.0 Å². The van der Waals surface area contributed by atoms with Crippen LogP contribution in [0.4, 0.5) is 8.78 Å². The van der Waals surface area contributed by atoms with Gasteiger partial charge in [0.15, 0.2) is 0 Å². The largest absolute Gasteiger partial charge is 0.390 e. The summed E-state index contributed by atoms with van der Waals surface area (Å²) < 4.78 is 27.4. The quantitative estimate of drug-likeness (QED) is 0.847. The van der Waals surface area contributed by atoms with Gasteiger partial charge in [0.2, 0.25) is 0 Å². The molecule has 0 spiro atoms. The van der Waals surface area contributed by atoms with Crippen LogP contribution in [0, 0.1) is 11.6 Å². The van der Waals surface area contributed by atoms with E-state index in [9.17, 15) is 13.9 Å². The van der Waals surface area contributed by atoms with Crippen LogP contribution in [0.2, 0.25) is 0 Å². The smallest absolute Gasteiger partial charge is 0.131 e. The molecule has 0 aliphatic carbocycles. The summed E-state index contributed by atoms with van der Waals surface area (Å²) in [7, 11) is 0. The van der Waals surface area contributed by atoms with Crippen LogP contribution < -0.4 is 0 Å². The normalized spacial score (nSPS) is 12.7. The maximum absolute atomic E-state index is 13.4. The Kier molecular flexibility index (Phi) is 3.63. The minimum atomic E-state index is -1.17. The lowest BCUT2D eigenvalue weighted by Gasteiger charge is -2.11. The Bertz CT molecular complexity index is 545. The second kappa shape index (κ2) is 5.19. The molecule has 0 amide bonds. The maximum atomic E-state index is 13.4. The molecule has 7 heteroatoms. The number of hydrogen-bond donors (Lipinski definition) is 2. The van der Waals surface area contributed by atoms with Gasteiger partial charge in [-0.05, 0) is 6.07 Å². The first-order chi connectivity index (χ1) is 8.60. The van der Waals surface area contributed by atoms with Gasteiger partial charge in [-0.15, -0.1) is 5.10 Å². The molecule has 0 aliphatic rings. The fourth-order valence-electron chi connectivity index (χ4n) is 1.55. The third kappa shape index (κ3) is 2.69. The summed E-state index contributed by atoms with van der Waals surface area (Å²) in [5, 5.41) is 25.9. The predicted octanol–water partition coefficient (Wildman–Crippen LogP) is 0.782. The van der Waals surface area contributed by atoms with E-state index in [-0.39, 0.29) is 18.7 Å². The van der Waals surface area contributed by atoms with Gasteiger partial charge in [-0.2, -0.15) is 0 Å². The Labute approximate surface area is 101 Å². The van der Waals surface area contributed by atoms with Crippen LogP contribution in [0.1, 0.15) is 17.4 Å². The monoisotopic (exact) mass is 255 g/mol. The van der Waals surface area contributed by atoms with Crippen LogP contribution >= 0.6 is 0 Å². The Morgan fingerprint density at radius 3 is 2.72 bits per heavy atom. The number of halogens is 2. The molecule has 0 fully saturated rings. The molecular weight excluding hydrogens is 244 g/mol. The van der Waals surface area contributed by atoms with E-state index in [1.54, 1.807) is 0 Å². The summed E-state index contributed by atoms with van der Waals surface area (Å²) in [6.45, 7) is -0.295. The topological polar surface area (TPSA) is 71.2 Å². The second-order valence-electron chi connectivity index (χ2n) is 3.77. The van der Waals surface area contributed by atoms with Crippen molar-refractivity contribution in [3.05, 3.63) is 47.3 Å². The highest BCUT2D eigenvalue weighted by molar-refractivity contribution is 5.20. The number of aromatic nitrogens is 3. The van der Waals surface area contributed by atoms with Crippen molar-refractivity contribution >= 4 is 0 Å². The van der Waals surface area contributed by atoms with Gasteiger partial charge < -0.3 is 10.2 Å². The predicted molar refractivity (Wildman–Crippen MR) is 57.3 cm³/mol. The maximum Gasteiger partial charge on any atom is 0.131 e. The molecule has 1 heterocycles. The molecular formula is C11H11F2N3O2. The third-order valence-corrected chi connectivity index (χ3v) is 2.43. The number of benzene rings is 1. The summed E-state index contributed by atoms with van der Waals surface area (Å²) >= 11 is 0. The summed E-state index contributed by atoms with van der Waals surface area (Å²) in [6, 6.07) is 2.96. The van der Waals surface area contributed by atoms with Crippen LogP contribution in [0.3, 0.4) is 0 Å². The van der Waals surface area contributed by atoms with Gasteiger partial charge >= 0.3 is 0 Å². The highest BCUT2D eigenvalue weighted by atomic mass is 19.1. The summed E-state index contributed by atoms with van der Waals surface area (Å²) in [4.78, 5) is 0. The van der Waals surface area contributed by atoms with Crippen LogP contribution in [0.15, 0.2) is 24.4 Å². The zero-order valence-electron chi connectivity index (χ0n) is 9.29. The minimum Gasteiger partial charge on any atom is -0.390 e. The molecule has 0 aliphatic heterocycles. The lowest BCUT2D eigenvalue weighted by Crippen LogP contribution is -2.11. The van der Waals surface area contributed by atoms with E-state index in [2.05, 4.69) is 10.3 Å². The summed E-state index contributed by atoms with van der Waals surface area (Å²) in [5.74, 6) is -1.52. The second-order valence-corrected chi connectivity index (χ2v) is 3.77. The lowest BCUT2D eigenvalue weighted by atomic mass is 10.1. The van der Waals surface area contributed by atoms with Crippen molar-refractivity contribution in [1.82, 2.24) is 15.0 Å². The van der Waals surface area contributed by atoms with Gasteiger partial charge in [0, 0.05) is 11.6 Å². The van der Waals surface area contributed by atoms with E-state index in [1.807, 2.05) is 0 Å². The van der Waals surface area contributed by atoms with Crippen molar-refractivity contribution in [2.45, 2.75) is 19.3 Å². The molecule has 0 saturated carbocycles. The van der Waals surface area contributed by atoms with Gasteiger partial charge in [0.05, 0.1) is 19.3 Å². The molecule has 2 N–H and O–H groups in total. The zero-order chi connectivity index (χ0) is 13.1. The molecule has 2 rings (SSSR count). The summed E-state index contributed by atoms with van der Waals surface area (Å²) in [6.07, 6.45) is 0.267. The molecule has 1 atom stereocenters. The van der Waals surface area contributed by atoms with Gasteiger partial charge in [0.25, 0.3) is 0 Å².